The molecule has 0 heterocycles. The maximum atomic E-state index is 13.4. The second-order valence-corrected chi connectivity index (χ2v) is 2.72. The topological polar surface area (TPSA) is 43.4 Å². The number of carbonyl (C=O) groups is 2. The van der Waals surface area contributed by atoms with Crippen LogP contribution in [-0.4, -0.2) is 19.2 Å². The molecule has 0 unspecified atom stereocenters. The summed E-state index contributed by atoms with van der Waals surface area (Å²) in [6.07, 6.45) is 0.314. The summed E-state index contributed by atoms with van der Waals surface area (Å²) < 4.78 is 18.1. The first-order chi connectivity index (χ1) is 6.61. The van der Waals surface area contributed by atoms with Crippen LogP contribution in [0.5, 0.6) is 5.75 Å². The molecule has 14 heavy (non-hydrogen) atoms. The number of aldehydes is 1. The van der Waals surface area contributed by atoms with Crippen molar-refractivity contribution in [2.75, 3.05) is 7.11 Å². The minimum atomic E-state index is -0.796. The van der Waals surface area contributed by atoms with E-state index >= 15 is 0 Å². The van der Waals surface area contributed by atoms with E-state index in [0.29, 0.717) is 6.29 Å². The summed E-state index contributed by atoms with van der Waals surface area (Å²) in [6, 6.07) is 2.69. The summed E-state index contributed by atoms with van der Waals surface area (Å²) in [5.41, 5.74) is -0.185. The SMILES string of the molecule is COc1ccc(C(C)=O)c(C=O)c1F. The molecular formula is C10H9FO3. The van der Waals surface area contributed by atoms with Gasteiger partial charge in [0.25, 0.3) is 0 Å². The lowest BCUT2D eigenvalue weighted by Gasteiger charge is -2.06. The molecule has 74 valence electrons. The Bertz CT molecular complexity index is 385. The monoisotopic (exact) mass is 196 g/mol. The van der Waals surface area contributed by atoms with Gasteiger partial charge in [0.05, 0.1) is 12.7 Å². The third-order valence-corrected chi connectivity index (χ3v) is 1.86. The lowest BCUT2D eigenvalue weighted by Crippen LogP contribution is -2.03. The lowest BCUT2D eigenvalue weighted by atomic mass is 10.0. The predicted molar refractivity (Wildman–Crippen MR) is 48.3 cm³/mol. The summed E-state index contributed by atoms with van der Waals surface area (Å²) in [7, 11) is 1.29. The van der Waals surface area contributed by atoms with Gasteiger partial charge in [-0.3, -0.25) is 9.59 Å². The minimum Gasteiger partial charge on any atom is -0.494 e. The van der Waals surface area contributed by atoms with Crippen molar-refractivity contribution in [2.45, 2.75) is 6.92 Å². The Morgan fingerprint density at radius 1 is 1.50 bits per heavy atom. The molecule has 0 saturated heterocycles. The van der Waals surface area contributed by atoms with Gasteiger partial charge in [0.2, 0.25) is 0 Å². The summed E-state index contributed by atoms with van der Waals surface area (Å²) in [5.74, 6) is -1.19. The van der Waals surface area contributed by atoms with E-state index in [9.17, 15) is 14.0 Å². The largest absolute Gasteiger partial charge is 0.494 e. The molecule has 0 radical (unpaired) electrons. The van der Waals surface area contributed by atoms with Crippen molar-refractivity contribution in [3.63, 3.8) is 0 Å². The van der Waals surface area contributed by atoms with Crippen LogP contribution < -0.4 is 4.74 Å². The normalized spacial score (nSPS) is 9.64. The highest BCUT2D eigenvalue weighted by molar-refractivity contribution is 6.01. The van der Waals surface area contributed by atoms with Gasteiger partial charge in [-0.25, -0.2) is 4.39 Å². The van der Waals surface area contributed by atoms with E-state index < -0.39 is 5.82 Å². The second-order valence-electron chi connectivity index (χ2n) is 2.72. The van der Waals surface area contributed by atoms with Crippen LogP contribution >= 0.6 is 0 Å². The minimum absolute atomic E-state index is 0.0444. The van der Waals surface area contributed by atoms with E-state index in [2.05, 4.69) is 4.74 Å². The molecule has 0 amide bonds. The lowest BCUT2D eigenvalue weighted by molar-refractivity contribution is 0.100. The van der Waals surface area contributed by atoms with E-state index in [1.807, 2.05) is 0 Å². The van der Waals surface area contributed by atoms with Crippen LogP contribution in [0.15, 0.2) is 12.1 Å². The molecular weight excluding hydrogens is 187 g/mol. The van der Waals surface area contributed by atoms with E-state index in [0.717, 1.165) is 0 Å². The van der Waals surface area contributed by atoms with E-state index in [1.54, 1.807) is 0 Å². The molecule has 0 fully saturated rings. The Morgan fingerprint density at radius 3 is 2.57 bits per heavy atom. The maximum absolute atomic E-state index is 13.4. The Labute approximate surface area is 80.5 Å². The summed E-state index contributed by atoms with van der Waals surface area (Å²) in [6.45, 7) is 1.27. The molecule has 0 aliphatic carbocycles. The van der Waals surface area contributed by atoms with Gasteiger partial charge in [-0.15, -0.1) is 0 Å². The van der Waals surface area contributed by atoms with Crippen LogP contribution in [0.25, 0.3) is 0 Å². The van der Waals surface area contributed by atoms with Crippen LogP contribution in [0.4, 0.5) is 4.39 Å². The third-order valence-electron chi connectivity index (χ3n) is 1.86. The fourth-order valence-electron chi connectivity index (χ4n) is 1.15. The highest BCUT2D eigenvalue weighted by atomic mass is 19.1. The number of methoxy groups -OCH3 is 1. The molecule has 3 nitrogen and oxygen atoms in total. The quantitative estimate of drug-likeness (QED) is 0.547. The number of ketones is 1. The molecule has 0 saturated carbocycles. The van der Waals surface area contributed by atoms with Gasteiger partial charge in [0, 0.05) is 5.56 Å². The summed E-state index contributed by atoms with van der Waals surface area (Å²) in [4.78, 5) is 21.6. The first kappa shape index (κ1) is 10.4. The van der Waals surface area contributed by atoms with Crippen LogP contribution in [0.2, 0.25) is 0 Å². The zero-order valence-electron chi connectivity index (χ0n) is 7.83. The molecule has 0 aliphatic rings. The standard InChI is InChI=1S/C10H9FO3/c1-6(13)7-3-4-9(14-2)10(11)8(7)5-12/h3-5H,1-2H3. The average molecular weight is 196 g/mol. The van der Waals surface area contributed by atoms with Crippen molar-refractivity contribution in [1.29, 1.82) is 0 Å². The number of Topliss-reactive ketones (excluding diaryl/α,β-unsaturated/α-hetero) is 1. The summed E-state index contributed by atoms with van der Waals surface area (Å²) in [5, 5.41) is 0. The van der Waals surface area contributed by atoms with Crippen LogP contribution in [0.3, 0.4) is 0 Å². The van der Waals surface area contributed by atoms with Gasteiger partial charge in [-0.05, 0) is 19.1 Å². The van der Waals surface area contributed by atoms with E-state index in [-0.39, 0.29) is 22.7 Å². The van der Waals surface area contributed by atoms with Gasteiger partial charge >= 0.3 is 0 Å². The number of rotatable bonds is 3. The average Bonchev–Trinajstić information content (AvgIpc) is 2.17. The van der Waals surface area contributed by atoms with Crippen molar-refractivity contribution in [1.82, 2.24) is 0 Å². The van der Waals surface area contributed by atoms with Crippen molar-refractivity contribution < 1.29 is 18.7 Å². The van der Waals surface area contributed by atoms with Crippen molar-refractivity contribution in [2.24, 2.45) is 0 Å². The van der Waals surface area contributed by atoms with Crippen LogP contribution in [0, 0.1) is 5.82 Å². The van der Waals surface area contributed by atoms with Gasteiger partial charge in [0.1, 0.15) is 0 Å². The summed E-state index contributed by atoms with van der Waals surface area (Å²) >= 11 is 0. The van der Waals surface area contributed by atoms with Crippen molar-refractivity contribution in [3.8, 4) is 5.75 Å². The van der Waals surface area contributed by atoms with Gasteiger partial charge in [-0.1, -0.05) is 0 Å². The number of carbonyl (C=O) groups excluding carboxylic acids is 2. The first-order valence-corrected chi connectivity index (χ1v) is 3.94. The second kappa shape index (κ2) is 4.00. The highest BCUT2D eigenvalue weighted by Gasteiger charge is 2.15. The van der Waals surface area contributed by atoms with Gasteiger partial charge < -0.3 is 4.74 Å². The Kier molecular flexibility index (Phi) is 2.96. The fourth-order valence-corrected chi connectivity index (χ4v) is 1.15. The molecule has 4 heteroatoms. The van der Waals surface area contributed by atoms with Crippen LogP contribution in [-0.2, 0) is 0 Å². The Balaban J connectivity index is 3.43. The van der Waals surface area contributed by atoms with Crippen molar-refractivity contribution in [3.05, 3.63) is 29.1 Å². The maximum Gasteiger partial charge on any atom is 0.176 e. The molecule has 1 aromatic rings. The first-order valence-electron chi connectivity index (χ1n) is 3.94. The molecule has 0 aromatic heterocycles. The number of halogens is 1. The number of benzene rings is 1. The van der Waals surface area contributed by atoms with E-state index in [1.165, 1.54) is 26.2 Å². The zero-order chi connectivity index (χ0) is 10.7. The molecule has 0 N–H and O–H groups in total. The van der Waals surface area contributed by atoms with E-state index in [4.69, 9.17) is 0 Å². The smallest absolute Gasteiger partial charge is 0.176 e. The molecule has 0 atom stereocenters. The van der Waals surface area contributed by atoms with Gasteiger partial charge in [0.15, 0.2) is 23.6 Å². The number of hydrogen-bond acceptors (Lipinski definition) is 3. The Morgan fingerprint density at radius 2 is 2.14 bits per heavy atom. The molecule has 1 aromatic carbocycles. The zero-order valence-corrected chi connectivity index (χ0v) is 7.83. The predicted octanol–water partition coefficient (Wildman–Crippen LogP) is 1.85. The molecule has 1 rings (SSSR count). The van der Waals surface area contributed by atoms with Crippen LogP contribution in [0.1, 0.15) is 27.6 Å². The number of hydrogen-bond donors (Lipinski definition) is 0. The molecule has 0 bridgehead atoms. The molecule has 0 spiro atoms. The van der Waals surface area contributed by atoms with Crippen molar-refractivity contribution >= 4 is 12.1 Å². The number of ether oxygens (including phenoxy) is 1. The fraction of sp³-hybridized carbons (Fsp3) is 0.200. The Hall–Kier alpha value is -1.71. The third kappa shape index (κ3) is 1.64. The molecule has 0 aliphatic heterocycles. The highest BCUT2D eigenvalue weighted by Crippen LogP contribution is 2.22. The van der Waals surface area contributed by atoms with Gasteiger partial charge in [-0.2, -0.15) is 0 Å².